The van der Waals surface area contributed by atoms with Gasteiger partial charge in [0.25, 0.3) is 11.6 Å². The van der Waals surface area contributed by atoms with Crippen LogP contribution in [-0.4, -0.2) is 40.2 Å². The number of aromatic amines is 1. The normalized spacial score (nSPS) is 11.6. The number of nitro benzene ring substituents is 1. The van der Waals surface area contributed by atoms with E-state index in [-0.39, 0.29) is 22.8 Å². The fourth-order valence-corrected chi connectivity index (χ4v) is 2.52. The van der Waals surface area contributed by atoms with Gasteiger partial charge in [0, 0.05) is 5.39 Å². The number of amides is 1. The number of aromatic nitrogens is 2. The maximum atomic E-state index is 12.3. The predicted octanol–water partition coefficient (Wildman–Crippen LogP) is 2.66. The van der Waals surface area contributed by atoms with Crippen LogP contribution in [0.2, 0.25) is 0 Å². The van der Waals surface area contributed by atoms with Gasteiger partial charge in [-0.2, -0.15) is 5.10 Å². The Labute approximate surface area is 158 Å². The number of ether oxygens (including phenoxy) is 2. The smallest absolute Gasteiger partial charge is 0.360 e. The molecule has 10 heteroatoms. The first-order valence-corrected chi connectivity index (χ1v) is 8.18. The average Bonchev–Trinajstić information content (AvgIpc) is 3.12. The monoisotopic (exact) mass is 384 g/mol. The molecule has 0 saturated heterocycles. The van der Waals surface area contributed by atoms with E-state index in [4.69, 9.17) is 9.47 Å². The van der Waals surface area contributed by atoms with Gasteiger partial charge in [-0.3, -0.25) is 20.0 Å². The molecule has 0 aliphatic rings. The van der Waals surface area contributed by atoms with E-state index in [1.165, 1.54) is 32.2 Å². The highest BCUT2D eigenvalue weighted by molar-refractivity contribution is 6.03. The topological polar surface area (TPSA) is 136 Å². The fourth-order valence-electron chi connectivity index (χ4n) is 2.52. The van der Waals surface area contributed by atoms with Gasteiger partial charge < -0.3 is 14.8 Å². The maximum Gasteiger partial charge on any atom is 0.360 e. The molecule has 0 aliphatic heterocycles. The molecule has 0 radical (unpaired) electrons. The lowest BCUT2D eigenvalue weighted by atomic mass is 10.2. The summed E-state index contributed by atoms with van der Waals surface area (Å²) in [5, 5.41) is 20.8. The van der Waals surface area contributed by atoms with Crippen LogP contribution in [0, 0.1) is 10.1 Å². The minimum atomic E-state index is -1.20. The minimum Gasteiger partial charge on any atom is -0.496 e. The number of esters is 1. The van der Waals surface area contributed by atoms with E-state index < -0.39 is 22.9 Å². The van der Waals surface area contributed by atoms with E-state index in [2.05, 4.69) is 15.5 Å². The Morgan fingerprint density at radius 3 is 2.71 bits per heavy atom. The van der Waals surface area contributed by atoms with Crippen LogP contribution in [-0.2, 0) is 9.53 Å². The highest BCUT2D eigenvalue weighted by atomic mass is 16.6. The zero-order valence-electron chi connectivity index (χ0n) is 15.0. The van der Waals surface area contributed by atoms with E-state index in [1.54, 1.807) is 24.3 Å². The molecule has 0 aliphatic carbocycles. The van der Waals surface area contributed by atoms with Crippen molar-refractivity contribution in [3.8, 4) is 5.75 Å². The van der Waals surface area contributed by atoms with Gasteiger partial charge >= 0.3 is 5.97 Å². The van der Waals surface area contributed by atoms with Crippen LogP contribution in [0.15, 0.2) is 42.5 Å². The maximum absolute atomic E-state index is 12.3. The van der Waals surface area contributed by atoms with E-state index in [0.717, 1.165) is 0 Å². The second kappa shape index (κ2) is 7.74. The molecule has 1 amide bonds. The Morgan fingerprint density at radius 1 is 1.25 bits per heavy atom. The van der Waals surface area contributed by atoms with Crippen molar-refractivity contribution < 1.29 is 24.0 Å². The first-order valence-electron chi connectivity index (χ1n) is 8.18. The number of nitrogens with one attached hydrogen (secondary N) is 2. The van der Waals surface area contributed by atoms with Gasteiger partial charge in [-0.15, -0.1) is 0 Å². The molecule has 1 unspecified atom stereocenters. The van der Waals surface area contributed by atoms with Gasteiger partial charge in [-0.25, -0.2) is 4.79 Å². The summed E-state index contributed by atoms with van der Waals surface area (Å²) >= 11 is 0. The summed E-state index contributed by atoms with van der Waals surface area (Å²) in [5.41, 5.74) is 0.319. The zero-order valence-corrected chi connectivity index (χ0v) is 15.0. The predicted molar refractivity (Wildman–Crippen MR) is 99.2 cm³/mol. The lowest BCUT2D eigenvalue weighted by Crippen LogP contribution is -2.30. The molecule has 144 valence electrons. The van der Waals surface area contributed by atoms with Gasteiger partial charge in [-0.05, 0) is 25.1 Å². The lowest BCUT2D eigenvalue weighted by Gasteiger charge is -2.13. The molecule has 28 heavy (non-hydrogen) atoms. The number of para-hydroxylation sites is 1. The standard InChI is InChI=1S/C18H16N4O6/c1-10(28-18(24)16-12-5-3-4-6-13(12)20-21-16)17(23)19-14-8-7-11(27-2)9-15(14)22(25)26/h3-10H,1-2H3,(H,19,23)(H,20,21). The quantitative estimate of drug-likeness (QED) is 0.379. The van der Waals surface area contributed by atoms with Gasteiger partial charge in [0.05, 0.1) is 23.6 Å². The first-order chi connectivity index (χ1) is 13.4. The van der Waals surface area contributed by atoms with Crippen LogP contribution in [0.1, 0.15) is 17.4 Å². The molecule has 0 fully saturated rings. The zero-order chi connectivity index (χ0) is 20.3. The third-order valence-corrected chi connectivity index (χ3v) is 3.98. The van der Waals surface area contributed by atoms with E-state index in [9.17, 15) is 19.7 Å². The number of benzene rings is 2. The fraction of sp³-hybridized carbons (Fsp3) is 0.167. The van der Waals surface area contributed by atoms with Gasteiger partial charge in [0.1, 0.15) is 11.4 Å². The molecule has 10 nitrogen and oxygen atoms in total. The van der Waals surface area contributed by atoms with E-state index in [0.29, 0.717) is 10.9 Å². The van der Waals surface area contributed by atoms with E-state index in [1.807, 2.05) is 0 Å². The molecule has 2 aromatic carbocycles. The molecule has 0 bridgehead atoms. The summed E-state index contributed by atoms with van der Waals surface area (Å²) < 4.78 is 10.1. The molecule has 0 spiro atoms. The van der Waals surface area contributed by atoms with Crippen molar-refractivity contribution in [1.82, 2.24) is 10.2 Å². The van der Waals surface area contributed by atoms with Crippen LogP contribution < -0.4 is 10.1 Å². The first kappa shape index (κ1) is 18.8. The third-order valence-electron chi connectivity index (χ3n) is 3.98. The molecule has 2 N–H and O–H groups in total. The van der Waals surface area contributed by atoms with Crippen LogP contribution in [0.3, 0.4) is 0 Å². The number of hydrogen-bond acceptors (Lipinski definition) is 7. The second-order valence-electron chi connectivity index (χ2n) is 5.79. The van der Waals surface area contributed by atoms with Crippen LogP contribution in [0.4, 0.5) is 11.4 Å². The molecule has 1 atom stereocenters. The summed E-state index contributed by atoms with van der Waals surface area (Å²) in [6.07, 6.45) is -1.20. The van der Waals surface area contributed by atoms with Crippen molar-refractivity contribution in [2.24, 2.45) is 0 Å². The number of H-pyrrole nitrogens is 1. The molecular weight excluding hydrogens is 368 g/mol. The largest absolute Gasteiger partial charge is 0.496 e. The summed E-state index contributed by atoms with van der Waals surface area (Å²) in [6, 6.07) is 11.0. The van der Waals surface area contributed by atoms with Crippen molar-refractivity contribution in [1.29, 1.82) is 0 Å². The molecule has 3 rings (SSSR count). The van der Waals surface area contributed by atoms with Crippen LogP contribution in [0.25, 0.3) is 10.9 Å². The van der Waals surface area contributed by atoms with Crippen molar-refractivity contribution >= 4 is 34.2 Å². The van der Waals surface area contributed by atoms with Crippen molar-refractivity contribution in [3.05, 3.63) is 58.3 Å². The minimum absolute atomic E-state index is 0.0380. The number of rotatable bonds is 6. The molecule has 1 aromatic heterocycles. The van der Waals surface area contributed by atoms with Crippen LogP contribution >= 0.6 is 0 Å². The van der Waals surface area contributed by atoms with Gasteiger partial charge in [-0.1, -0.05) is 18.2 Å². The number of anilines is 1. The van der Waals surface area contributed by atoms with Crippen molar-refractivity contribution in [3.63, 3.8) is 0 Å². The Balaban J connectivity index is 1.73. The van der Waals surface area contributed by atoms with Crippen molar-refractivity contribution in [2.75, 3.05) is 12.4 Å². The Hall–Kier alpha value is -3.95. The van der Waals surface area contributed by atoms with E-state index >= 15 is 0 Å². The highest BCUT2D eigenvalue weighted by Gasteiger charge is 2.24. The number of nitro groups is 1. The average molecular weight is 384 g/mol. The number of fused-ring (bicyclic) bond motifs is 1. The van der Waals surface area contributed by atoms with Gasteiger partial charge in [0.2, 0.25) is 0 Å². The summed E-state index contributed by atoms with van der Waals surface area (Å²) in [6.45, 7) is 1.36. The highest BCUT2D eigenvalue weighted by Crippen LogP contribution is 2.29. The Kier molecular flexibility index (Phi) is 5.21. The summed E-state index contributed by atoms with van der Waals surface area (Å²) in [4.78, 5) is 35.2. The molecule has 1 heterocycles. The SMILES string of the molecule is COc1ccc(NC(=O)C(C)OC(=O)c2n[nH]c3ccccc23)c([N+](=O)[O-])c1. The summed E-state index contributed by atoms with van der Waals surface area (Å²) in [7, 11) is 1.37. The number of carbonyl (C=O) groups is 2. The second-order valence-corrected chi connectivity index (χ2v) is 5.79. The number of methoxy groups -OCH3 is 1. The number of hydrogen-bond donors (Lipinski definition) is 2. The molecule has 3 aromatic rings. The molecule has 0 saturated carbocycles. The number of carbonyl (C=O) groups excluding carboxylic acids is 2. The van der Waals surface area contributed by atoms with Crippen LogP contribution in [0.5, 0.6) is 5.75 Å². The van der Waals surface area contributed by atoms with Crippen molar-refractivity contribution in [2.45, 2.75) is 13.0 Å². The third kappa shape index (κ3) is 3.75. The number of nitrogens with zero attached hydrogens (tertiary/aromatic N) is 2. The Bertz CT molecular complexity index is 1060. The van der Waals surface area contributed by atoms with Gasteiger partial charge in [0.15, 0.2) is 11.8 Å². The Morgan fingerprint density at radius 2 is 2.00 bits per heavy atom. The molecular formula is C18H16N4O6. The summed E-state index contributed by atoms with van der Waals surface area (Å²) in [5.74, 6) is -1.24. The lowest BCUT2D eigenvalue weighted by molar-refractivity contribution is -0.384.